The molecule has 0 rings (SSSR count). The molecule has 428 valence electrons. The Morgan fingerprint density at radius 1 is 0.421 bits per heavy atom. The molecule has 0 amide bonds. The van der Waals surface area contributed by atoms with Crippen LogP contribution in [0.5, 0.6) is 0 Å². The van der Waals surface area contributed by atoms with E-state index < -0.39 is 32.5 Å². The van der Waals surface area contributed by atoms with Crippen molar-refractivity contribution in [1.82, 2.24) is 0 Å². The number of rotatable bonds is 51. The summed E-state index contributed by atoms with van der Waals surface area (Å²) in [6, 6.07) is 0. The maximum atomic E-state index is 12.8. The third kappa shape index (κ3) is 58.9. The lowest BCUT2D eigenvalue weighted by Gasteiger charge is -2.28. The maximum Gasteiger partial charge on any atom is 0.306 e. The van der Waals surface area contributed by atoms with Crippen LogP contribution in [0.1, 0.15) is 194 Å². The Kier molecular flexibility index (Phi) is 52.2. The van der Waals surface area contributed by atoms with Crippen molar-refractivity contribution < 1.29 is 42.1 Å². The average Bonchev–Trinajstić information content (AvgIpc) is 3.38. The van der Waals surface area contributed by atoms with Crippen LogP contribution in [0.4, 0.5) is 0 Å². The standard InChI is InChI=1S/C66H106NO8P/c1-6-8-10-12-14-16-18-20-22-23-24-25-26-27-28-29-30-31-32-33-34-35-36-37-38-39-40-41-42-43-45-47-49-51-53-55-57-59-66(69)75-64(63-74-76(70,71)73-61-60-67(3,4)5)62-72-65(68)58-56-54-52-50-48-46-44-21-19-17-15-13-11-9-7-2/h8,10,14-17,20-22,24-25,27-28,30-31,33-34,36-37,39-40,42-44,47,49,64H,6-7,9,11-13,18-19,23,26,29,32,35,38,41,45-46,48,50-63H2,1-5H3/b10-8-,16-14-,17-15-,22-20-,25-24-,28-27-,31-30-,34-33-,37-36-,40-39-,43-42-,44-21-,49-47-. The van der Waals surface area contributed by atoms with E-state index in [-0.39, 0.29) is 26.1 Å². The molecule has 0 aromatic heterocycles. The molecule has 2 atom stereocenters. The second-order valence-corrected chi connectivity index (χ2v) is 21.3. The van der Waals surface area contributed by atoms with Gasteiger partial charge in [0, 0.05) is 12.8 Å². The van der Waals surface area contributed by atoms with E-state index in [1.165, 1.54) is 25.7 Å². The van der Waals surface area contributed by atoms with Gasteiger partial charge in [-0.25, -0.2) is 0 Å². The Labute approximate surface area is 465 Å². The highest BCUT2D eigenvalue weighted by molar-refractivity contribution is 7.45. The monoisotopic (exact) mass is 1070 g/mol. The summed E-state index contributed by atoms with van der Waals surface area (Å²) in [7, 11) is 1.11. The Morgan fingerprint density at radius 2 is 0.750 bits per heavy atom. The first-order chi connectivity index (χ1) is 37.0. The Morgan fingerprint density at radius 3 is 1.13 bits per heavy atom. The minimum atomic E-state index is -4.66. The largest absolute Gasteiger partial charge is 0.756 e. The smallest absolute Gasteiger partial charge is 0.306 e. The number of phosphoric acid groups is 1. The molecule has 0 aromatic carbocycles. The number of quaternary nitrogens is 1. The van der Waals surface area contributed by atoms with E-state index in [1.54, 1.807) is 0 Å². The zero-order chi connectivity index (χ0) is 55.6. The number of esters is 2. The molecule has 0 aliphatic carbocycles. The molecule has 0 aliphatic heterocycles. The van der Waals surface area contributed by atoms with Crippen LogP contribution in [-0.4, -0.2) is 70.0 Å². The number of likely N-dealkylation sites (N-methyl/N-ethyl adjacent to an activating group) is 1. The van der Waals surface area contributed by atoms with Gasteiger partial charge < -0.3 is 27.9 Å². The van der Waals surface area contributed by atoms with Gasteiger partial charge in [0.05, 0.1) is 27.7 Å². The zero-order valence-electron chi connectivity index (χ0n) is 48.4. The minimum absolute atomic E-state index is 0.0490. The number of hydrogen-bond donors (Lipinski definition) is 0. The summed E-state index contributed by atoms with van der Waals surface area (Å²) in [5, 5.41) is 0. The highest BCUT2D eigenvalue weighted by Crippen LogP contribution is 2.38. The zero-order valence-corrected chi connectivity index (χ0v) is 49.3. The van der Waals surface area contributed by atoms with E-state index in [9.17, 15) is 19.0 Å². The summed E-state index contributed by atoms with van der Waals surface area (Å²) < 4.78 is 34.0. The van der Waals surface area contributed by atoms with Gasteiger partial charge >= 0.3 is 11.9 Å². The summed E-state index contributed by atoms with van der Waals surface area (Å²) in [5.74, 6) is -0.903. The molecule has 0 heterocycles. The molecule has 0 N–H and O–H groups in total. The maximum absolute atomic E-state index is 12.8. The predicted molar refractivity (Wildman–Crippen MR) is 323 cm³/mol. The van der Waals surface area contributed by atoms with E-state index in [4.69, 9.17) is 18.5 Å². The van der Waals surface area contributed by atoms with Crippen molar-refractivity contribution in [3.05, 3.63) is 158 Å². The van der Waals surface area contributed by atoms with Gasteiger partial charge in [-0.2, -0.15) is 0 Å². The number of carbonyl (C=O) groups excluding carboxylic acids is 2. The molecule has 10 heteroatoms. The van der Waals surface area contributed by atoms with Gasteiger partial charge in [0.15, 0.2) is 6.10 Å². The fourth-order valence-electron chi connectivity index (χ4n) is 7.04. The van der Waals surface area contributed by atoms with Crippen LogP contribution in [0.15, 0.2) is 158 Å². The van der Waals surface area contributed by atoms with E-state index >= 15 is 0 Å². The first-order valence-electron chi connectivity index (χ1n) is 29.2. The normalized spacial score (nSPS) is 14.4. The molecular weight excluding hydrogens is 966 g/mol. The second-order valence-electron chi connectivity index (χ2n) is 19.9. The number of nitrogens with zero attached hydrogens (tertiary/aromatic N) is 1. The predicted octanol–water partition coefficient (Wildman–Crippen LogP) is 17.8. The number of hydrogen-bond acceptors (Lipinski definition) is 8. The topological polar surface area (TPSA) is 111 Å². The second kappa shape index (κ2) is 55.4. The van der Waals surface area contributed by atoms with E-state index in [0.717, 1.165) is 128 Å². The molecule has 2 unspecified atom stereocenters. The number of phosphoric ester groups is 1. The lowest BCUT2D eigenvalue weighted by atomic mass is 10.1. The van der Waals surface area contributed by atoms with Crippen molar-refractivity contribution in [1.29, 1.82) is 0 Å². The molecule has 9 nitrogen and oxygen atoms in total. The number of carbonyl (C=O) groups is 2. The molecule has 76 heavy (non-hydrogen) atoms. The summed E-state index contributed by atoms with van der Waals surface area (Å²) in [6.07, 6.45) is 83.0. The molecular formula is C66H106NO8P. The first kappa shape index (κ1) is 71.6. The van der Waals surface area contributed by atoms with Gasteiger partial charge in [0.25, 0.3) is 7.82 Å². The van der Waals surface area contributed by atoms with Gasteiger partial charge in [-0.15, -0.1) is 0 Å². The number of allylic oxidation sites excluding steroid dienone is 26. The molecule has 0 radical (unpaired) electrons. The van der Waals surface area contributed by atoms with Gasteiger partial charge in [-0.05, 0) is 128 Å². The third-order valence-electron chi connectivity index (χ3n) is 11.5. The van der Waals surface area contributed by atoms with Crippen LogP contribution < -0.4 is 4.89 Å². The van der Waals surface area contributed by atoms with Crippen molar-refractivity contribution in [3.63, 3.8) is 0 Å². The lowest BCUT2D eigenvalue weighted by molar-refractivity contribution is -0.870. The van der Waals surface area contributed by atoms with Crippen LogP contribution in [0, 0.1) is 0 Å². The van der Waals surface area contributed by atoms with Gasteiger partial charge in [0.2, 0.25) is 0 Å². The number of unbranched alkanes of at least 4 members (excludes halogenated alkanes) is 11. The lowest BCUT2D eigenvalue weighted by Crippen LogP contribution is -2.37. The van der Waals surface area contributed by atoms with E-state index in [0.29, 0.717) is 23.9 Å². The van der Waals surface area contributed by atoms with E-state index in [2.05, 4.69) is 172 Å². The van der Waals surface area contributed by atoms with Crippen LogP contribution >= 0.6 is 7.82 Å². The number of ether oxygens (including phenoxy) is 2. The first-order valence-corrected chi connectivity index (χ1v) is 30.7. The Bertz CT molecular complexity index is 1840. The Balaban J connectivity index is 4.27. The highest BCUT2D eigenvalue weighted by Gasteiger charge is 2.21. The molecule has 0 fully saturated rings. The molecule has 0 spiro atoms. The summed E-state index contributed by atoms with van der Waals surface area (Å²) in [6.45, 7) is 4.01. The van der Waals surface area contributed by atoms with Gasteiger partial charge in [0.1, 0.15) is 19.8 Å². The minimum Gasteiger partial charge on any atom is -0.756 e. The van der Waals surface area contributed by atoms with Gasteiger partial charge in [-0.1, -0.05) is 210 Å². The fourth-order valence-corrected chi connectivity index (χ4v) is 7.77. The third-order valence-corrected chi connectivity index (χ3v) is 12.5. The van der Waals surface area contributed by atoms with Crippen LogP contribution in [0.3, 0.4) is 0 Å². The van der Waals surface area contributed by atoms with Crippen molar-refractivity contribution in [2.24, 2.45) is 0 Å². The van der Waals surface area contributed by atoms with Crippen LogP contribution in [0.25, 0.3) is 0 Å². The molecule has 0 bridgehead atoms. The fraction of sp³-hybridized carbons (Fsp3) is 0.576. The van der Waals surface area contributed by atoms with Crippen LogP contribution in [-0.2, 0) is 32.7 Å². The molecule has 0 aliphatic rings. The van der Waals surface area contributed by atoms with Crippen molar-refractivity contribution in [3.8, 4) is 0 Å². The van der Waals surface area contributed by atoms with Gasteiger partial charge in [-0.3, -0.25) is 14.2 Å². The summed E-state index contributed by atoms with van der Waals surface area (Å²) >= 11 is 0. The quantitative estimate of drug-likeness (QED) is 0.0195. The van der Waals surface area contributed by atoms with Crippen molar-refractivity contribution in [2.75, 3.05) is 47.5 Å². The van der Waals surface area contributed by atoms with E-state index in [1.807, 2.05) is 21.1 Å². The SMILES string of the molecule is CC/C=C\C/C=C\C/C=C\C/C=C\C/C=C\C/C=C\C/C=C\C/C=C\C/C=C\C/C=C\C/C=C\CCCCCC(=O)OC(COC(=O)CCCCCCC/C=C\C/C=C\CCCCC)COP(=O)([O-])OCC[N+](C)(C)C. The van der Waals surface area contributed by atoms with Crippen molar-refractivity contribution >= 4 is 19.8 Å². The average molecular weight is 1070 g/mol. The summed E-state index contributed by atoms with van der Waals surface area (Å²) in [4.78, 5) is 37.8. The molecule has 0 saturated heterocycles. The van der Waals surface area contributed by atoms with Crippen LogP contribution in [0.2, 0.25) is 0 Å². The highest BCUT2D eigenvalue weighted by atomic mass is 31.2. The summed E-state index contributed by atoms with van der Waals surface area (Å²) in [5.41, 5.74) is 0. The molecule has 0 aromatic rings. The Hall–Kier alpha value is -4.37. The van der Waals surface area contributed by atoms with Crippen molar-refractivity contribution in [2.45, 2.75) is 200 Å². The molecule has 0 saturated carbocycles.